The van der Waals surface area contributed by atoms with Crippen molar-refractivity contribution in [3.05, 3.63) is 66.1 Å². The van der Waals surface area contributed by atoms with Crippen LogP contribution in [0, 0.1) is 11.7 Å². The van der Waals surface area contributed by atoms with Crippen LogP contribution in [0.4, 0.5) is 10.1 Å². The second kappa shape index (κ2) is 9.35. The summed E-state index contributed by atoms with van der Waals surface area (Å²) < 4.78 is 20.0. The van der Waals surface area contributed by atoms with Crippen LogP contribution in [0.1, 0.15) is 37.7 Å². The second-order valence-corrected chi connectivity index (χ2v) is 6.90. The van der Waals surface area contributed by atoms with Crippen LogP contribution in [-0.4, -0.2) is 28.3 Å². The number of amides is 1. The number of halogens is 1. The van der Waals surface area contributed by atoms with Gasteiger partial charge in [-0.05, 0) is 55.8 Å². The van der Waals surface area contributed by atoms with Crippen LogP contribution in [0.3, 0.4) is 0 Å². The summed E-state index contributed by atoms with van der Waals surface area (Å²) in [7, 11) is 0. The van der Waals surface area contributed by atoms with Crippen molar-refractivity contribution in [2.75, 3.05) is 11.9 Å². The SMILES string of the molecule is CCOC(=O)c1cc(-c2cccc(NC(=O)[C@H](C)CC)c2)n(-c2ccc(F)cc2)n1. The normalized spacial score (nSPS) is 11.7. The van der Waals surface area contributed by atoms with E-state index in [2.05, 4.69) is 10.4 Å². The van der Waals surface area contributed by atoms with Crippen LogP contribution >= 0.6 is 0 Å². The molecular formula is C23H24FN3O3. The third-order valence-electron chi connectivity index (χ3n) is 4.75. The molecule has 3 rings (SSSR count). The Morgan fingerprint density at radius 3 is 2.53 bits per heavy atom. The Balaban J connectivity index is 2.03. The zero-order valence-electron chi connectivity index (χ0n) is 17.2. The highest BCUT2D eigenvalue weighted by molar-refractivity contribution is 5.93. The molecule has 156 valence electrons. The molecule has 6 nitrogen and oxygen atoms in total. The maximum atomic E-state index is 13.4. The van der Waals surface area contributed by atoms with E-state index < -0.39 is 5.97 Å². The Morgan fingerprint density at radius 1 is 1.13 bits per heavy atom. The molecule has 0 unspecified atom stereocenters. The molecule has 1 aromatic heterocycles. The first-order chi connectivity index (χ1) is 14.4. The molecule has 0 radical (unpaired) electrons. The van der Waals surface area contributed by atoms with E-state index in [1.54, 1.807) is 35.9 Å². The molecule has 7 heteroatoms. The van der Waals surface area contributed by atoms with Crippen LogP contribution in [0.25, 0.3) is 16.9 Å². The third-order valence-corrected chi connectivity index (χ3v) is 4.75. The number of hydrogen-bond acceptors (Lipinski definition) is 4. The summed E-state index contributed by atoms with van der Waals surface area (Å²) in [4.78, 5) is 24.5. The van der Waals surface area contributed by atoms with Gasteiger partial charge in [0.25, 0.3) is 0 Å². The van der Waals surface area contributed by atoms with Crippen LogP contribution in [0.15, 0.2) is 54.6 Å². The Kier molecular flexibility index (Phi) is 6.61. The van der Waals surface area contributed by atoms with E-state index in [4.69, 9.17) is 4.74 Å². The average molecular weight is 409 g/mol. The van der Waals surface area contributed by atoms with Gasteiger partial charge in [-0.3, -0.25) is 4.79 Å². The standard InChI is InChI=1S/C23H24FN3O3/c1-4-15(3)22(28)25-18-8-6-7-16(13-18)21-14-20(23(29)30-5-2)26-27(21)19-11-9-17(24)10-12-19/h6-15H,4-5H2,1-3H3,(H,25,28)/t15-/m1/s1. The number of esters is 1. The van der Waals surface area contributed by atoms with Gasteiger partial charge in [-0.1, -0.05) is 26.0 Å². The number of anilines is 1. The molecule has 0 spiro atoms. The van der Waals surface area contributed by atoms with Gasteiger partial charge in [-0.2, -0.15) is 5.10 Å². The number of aromatic nitrogens is 2. The van der Waals surface area contributed by atoms with Crippen LogP contribution in [-0.2, 0) is 9.53 Å². The number of carbonyl (C=O) groups is 2. The second-order valence-electron chi connectivity index (χ2n) is 6.90. The van der Waals surface area contributed by atoms with E-state index >= 15 is 0 Å². The molecule has 1 heterocycles. The van der Waals surface area contributed by atoms with Gasteiger partial charge < -0.3 is 10.1 Å². The molecule has 30 heavy (non-hydrogen) atoms. The first-order valence-corrected chi connectivity index (χ1v) is 9.87. The number of ether oxygens (including phenoxy) is 1. The van der Waals surface area contributed by atoms with Gasteiger partial charge in [0.15, 0.2) is 5.69 Å². The van der Waals surface area contributed by atoms with Gasteiger partial charge in [-0.15, -0.1) is 0 Å². The predicted octanol–water partition coefficient (Wildman–Crippen LogP) is 4.84. The van der Waals surface area contributed by atoms with Crippen molar-refractivity contribution in [3.8, 4) is 16.9 Å². The van der Waals surface area contributed by atoms with Crippen molar-refractivity contribution in [2.45, 2.75) is 27.2 Å². The van der Waals surface area contributed by atoms with Crippen molar-refractivity contribution >= 4 is 17.6 Å². The zero-order chi connectivity index (χ0) is 21.7. The van der Waals surface area contributed by atoms with E-state index in [1.165, 1.54) is 12.1 Å². The van der Waals surface area contributed by atoms with E-state index in [0.717, 1.165) is 12.0 Å². The minimum atomic E-state index is -0.541. The predicted molar refractivity (Wildman–Crippen MR) is 113 cm³/mol. The molecule has 3 aromatic rings. The molecule has 0 bridgehead atoms. The van der Waals surface area contributed by atoms with Crippen molar-refractivity contribution in [1.29, 1.82) is 0 Å². The number of nitrogens with one attached hydrogen (secondary N) is 1. The Bertz CT molecular complexity index is 1040. The van der Waals surface area contributed by atoms with Gasteiger partial charge in [-0.25, -0.2) is 13.9 Å². The maximum Gasteiger partial charge on any atom is 0.358 e. The third kappa shape index (κ3) is 4.74. The lowest BCUT2D eigenvalue weighted by atomic mass is 10.1. The lowest BCUT2D eigenvalue weighted by Gasteiger charge is -2.12. The highest BCUT2D eigenvalue weighted by Gasteiger charge is 2.18. The number of carbonyl (C=O) groups excluding carboxylic acids is 2. The van der Waals surface area contributed by atoms with Crippen LogP contribution in [0.2, 0.25) is 0 Å². The fourth-order valence-corrected chi connectivity index (χ4v) is 2.88. The molecule has 0 aliphatic carbocycles. The van der Waals surface area contributed by atoms with Crippen molar-refractivity contribution in [2.24, 2.45) is 5.92 Å². The lowest BCUT2D eigenvalue weighted by Crippen LogP contribution is -2.19. The Morgan fingerprint density at radius 2 is 1.87 bits per heavy atom. The van der Waals surface area contributed by atoms with Crippen LogP contribution in [0.5, 0.6) is 0 Å². The molecular weight excluding hydrogens is 385 g/mol. The monoisotopic (exact) mass is 409 g/mol. The molecule has 0 aliphatic heterocycles. The van der Waals surface area contributed by atoms with E-state index in [-0.39, 0.29) is 29.9 Å². The lowest BCUT2D eigenvalue weighted by molar-refractivity contribution is -0.119. The summed E-state index contributed by atoms with van der Waals surface area (Å²) >= 11 is 0. The Labute approximate surface area is 174 Å². The summed E-state index contributed by atoms with van der Waals surface area (Å²) in [6.45, 7) is 5.78. The van der Waals surface area contributed by atoms with E-state index in [9.17, 15) is 14.0 Å². The number of nitrogens with zero attached hydrogens (tertiary/aromatic N) is 2. The van der Waals surface area contributed by atoms with Gasteiger partial charge in [0.05, 0.1) is 18.0 Å². The minimum absolute atomic E-state index is 0.0612. The first kappa shape index (κ1) is 21.2. The topological polar surface area (TPSA) is 73.2 Å². The molecule has 0 saturated carbocycles. The number of hydrogen-bond donors (Lipinski definition) is 1. The summed E-state index contributed by atoms with van der Waals surface area (Å²) in [6, 6.07) is 14.7. The van der Waals surface area contributed by atoms with Gasteiger partial charge in [0.1, 0.15) is 5.82 Å². The zero-order valence-corrected chi connectivity index (χ0v) is 17.2. The molecule has 0 saturated heterocycles. The molecule has 0 aliphatic rings. The molecule has 1 amide bonds. The summed E-state index contributed by atoms with van der Waals surface area (Å²) in [5.74, 6) is -1.07. The highest BCUT2D eigenvalue weighted by atomic mass is 19.1. The molecule has 1 N–H and O–H groups in total. The molecule has 0 fully saturated rings. The van der Waals surface area contributed by atoms with E-state index in [0.29, 0.717) is 17.1 Å². The minimum Gasteiger partial charge on any atom is -0.461 e. The molecule has 1 atom stereocenters. The fourth-order valence-electron chi connectivity index (χ4n) is 2.88. The average Bonchev–Trinajstić information content (AvgIpc) is 3.19. The fraction of sp³-hybridized carbons (Fsp3) is 0.261. The number of rotatable bonds is 7. The highest BCUT2D eigenvalue weighted by Crippen LogP contribution is 2.27. The molecule has 2 aromatic carbocycles. The van der Waals surface area contributed by atoms with Crippen molar-refractivity contribution < 1.29 is 18.7 Å². The van der Waals surface area contributed by atoms with Crippen molar-refractivity contribution in [3.63, 3.8) is 0 Å². The van der Waals surface area contributed by atoms with Crippen LogP contribution < -0.4 is 5.32 Å². The van der Waals surface area contributed by atoms with Gasteiger partial charge in [0.2, 0.25) is 5.91 Å². The Hall–Kier alpha value is -3.48. The largest absolute Gasteiger partial charge is 0.461 e. The summed E-state index contributed by atoms with van der Waals surface area (Å²) in [5.41, 5.74) is 2.73. The quantitative estimate of drug-likeness (QED) is 0.567. The van der Waals surface area contributed by atoms with Gasteiger partial charge in [0, 0.05) is 17.2 Å². The van der Waals surface area contributed by atoms with Gasteiger partial charge >= 0.3 is 5.97 Å². The summed E-state index contributed by atoms with van der Waals surface area (Å²) in [6.07, 6.45) is 0.742. The first-order valence-electron chi connectivity index (χ1n) is 9.87. The van der Waals surface area contributed by atoms with Crippen molar-refractivity contribution in [1.82, 2.24) is 9.78 Å². The smallest absolute Gasteiger partial charge is 0.358 e. The summed E-state index contributed by atoms with van der Waals surface area (Å²) in [5, 5.41) is 7.28. The maximum absolute atomic E-state index is 13.4. The van der Waals surface area contributed by atoms with E-state index in [1.807, 2.05) is 32.0 Å². The number of benzene rings is 2.